The van der Waals surface area contributed by atoms with Crippen LogP contribution >= 0.6 is 0 Å². The molecular weight excluding hydrogens is 372 g/mol. The molecule has 0 spiro atoms. The molecule has 1 aromatic rings. The zero-order valence-electron chi connectivity index (χ0n) is 15.6. The number of carbonyl (C=O) groups excluding carboxylic acids is 2. The molecule has 0 radical (unpaired) electrons. The van der Waals surface area contributed by atoms with Gasteiger partial charge in [-0.1, -0.05) is 12.1 Å². The van der Waals surface area contributed by atoms with Gasteiger partial charge < -0.3 is 15.4 Å². The second kappa shape index (κ2) is 9.67. The molecule has 1 aliphatic heterocycles. The van der Waals surface area contributed by atoms with Gasteiger partial charge >= 0.3 is 6.03 Å². The van der Waals surface area contributed by atoms with Crippen LogP contribution in [-0.4, -0.2) is 63.8 Å². The minimum absolute atomic E-state index is 0.0644. The number of hydrogen-bond donors (Lipinski definition) is 3. The van der Waals surface area contributed by atoms with Gasteiger partial charge in [0.15, 0.2) is 0 Å². The summed E-state index contributed by atoms with van der Waals surface area (Å²) in [6, 6.07) is 4.98. The van der Waals surface area contributed by atoms with Crippen molar-refractivity contribution in [2.24, 2.45) is 0 Å². The van der Waals surface area contributed by atoms with Crippen molar-refractivity contribution in [2.75, 3.05) is 44.4 Å². The minimum Gasteiger partial charge on any atom is -0.383 e. The van der Waals surface area contributed by atoms with Crippen molar-refractivity contribution in [3.05, 3.63) is 29.3 Å². The molecule has 0 fully saturated rings. The summed E-state index contributed by atoms with van der Waals surface area (Å²) in [4.78, 5) is 23.4. The molecule has 0 unspecified atom stereocenters. The van der Waals surface area contributed by atoms with Gasteiger partial charge in [-0.2, -0.15) is 4.31 Å². The van der Waals surface area contributed by atoms with Crippen molar-refractivity contribution < 1.29 is 22.7 Å². The largest absolute Gasteiger partial charge is 0.383 e. The lowest BCUT2D eigenvalue weighted by Gasteiger charge is -2.29. The molecule has 150 valence electrons. The number of carbonyl (C=O) groups is 2. The zero-order valence-corrected chi connectivity index (χ0v) is 16.4. The number of benzene rings is 1. The summed E-state index contributed by atoms with van der Waals surface area (Å²) >= 11 is 0. The number of hydrogen-bond acceptors (Lipinski definition) is 6. The number of nitrogens with one attached hydrogen (secondary N) is 3. The monoisotopic (exact) mass is 398 g/mol. The summed E-state index contributed by atoms with van der Waals surface area (Å²) in [5, 5.41) is 7.76. The van der Waals surface area contributed by atoms with E-state index in [1.165, 1.54) is 11.4 Å². The van der Waals surface area contributed by atoms with Crippen molar-refractivity contribution in [3.63, 3.8) is 0 Å². The van der Waals surface area contributed by atoms with Crippen molar-refractivity contribution >= 4 is 27.6 Å². The molecule has 1 heterocycles. The Balaban J connectivity index is 1.93. The third kappa shape index (κ3) is 5.91. The number of ether oxygens (including phenoxy) is 1. The van der Waals surface area contributed by atoms with Gasteiger partial charge in [0.25, 0.3) is 0 Å². The second-order valence-corrected chi connectivity index (χ2v) is 8.34. The van der Waals surface area contributed by atoms with E-state index >= 15 is 0 Å². The van der Waals surface area contributed by atoms with E-state index in [0.29, 0.717) is 32.7 Å². The van der Waals surface area contributed by atoms with Gasteiger partial charge in [-0.25, -0.2) is 13.2 Å². The van der Waals surface area contributed by atoms with E-state index in [9.17, 15) is 18.0 Å². The lowest BCUT2D eigenvalue weighted by Crippen LogP contribution is -2.43. The van der Waals surface area contributed by atoms with E-state index in [4.69, 9.17) is 4.74 Å². The lowest BCUT2D eigenvalue weighted by atomic mass is 9.99. The molecule has 1 aliphatic rings. The summed E-state index contributed by atoms with van der Waals surface area (Å²) in [5.74, 6) is -0.388. The number of rotatable bonds is 8. The van der Waals surface area contributed by atoms with E-state index in [0.717, 1.165) is 16.8 Å². The fraction of sp³-hybridized carbons (Fsp3) is 0.529. The van der Waals surface area contributed by atoms with Crippen LogP contribution < -0.4 is 16.0 Å². The normalized spacial score (nSPS) is 14.3. The number of amides is 3. The van der Waals surface area contributed by atoms with Gasteiger partial charge in [-0.3, -0.25) is 10.1 Å². The van der Waals surface area contributed by atoms with Gasteiger partial charge in [0.05, 0.1) is 18.9 Å². The van der Waals surface area contributed by atoms with Crippen LogP contribution in [0.15, 0.2) is 18.2 Å². The highest BCUT2D eigenvalue weighted by atomic mass is 32.2. The van der Waals surface area contributed by atoms with E-state index in [1.54, 1.807) is 6.92 Å². The zero-order chi connectivity index (χ0) is 19.9. The first kappa shape index (κ1) is 21.1. The van der Waals surface area contributed by atoms with Crippen molar-refractivity contribution in [1.29, 1.82) is 0 Å². The Morgan fingerprint density at radius 2 is 2.07 bits per heavy atom. The Labute approximate surface area is 159 Å². The number of urea groups is 1. The minimum atomic E-state index is -3.23. The van der Waals surface area contributed by atoms with Crippen LogP contribution in [0, 0.1) is 0 Å². The lowest BCUT2D eigenvalue weighted by molar-refractivity contribution is -0.118. The number of anilines is 1. The standard InChI is InChI=1S/C17H26N4O5S/c1-3-27(24,25)21-9-7-14-13(12-21)5-4-6-15(14)19-11-16(22)20-17(23)18-8-10-26-2/h4-6,19H,3,7-12H2,1-2H3,(H2,18,20,22,23). The maximum absolute atomic E-state index is 12.1. The van der Waals surface area contributed by atoms with Crippen molar-refractivity contribution in [3.8, 4) is 0 Å². The van der Waals surface area contributed by atoms with Crippen LogP contribution in [0.5, 0.6) is 0 Å². The highest BCUT2D eigenvalue weighted by Crippen LogP contribution is 2.27. The van der Waals surface area contributed by atoms with Gasteiger partial charge in [0.2, 0.25) is 15.9 Å². The molecule has 0 atom stereocenters. The van der Waals surface area contributed by atoms with E-state index in [1.807, 2.05) is 18.2 Å². The van der Waals surface area contributed by atoms with Gasteiger partial charge in [-0.15, -0.1) is 0 Å². The highest BCUT2D eigenvalue weighted by Gasteiger charge is 2.26. The highest BCUT2D eigenvalue weighted by molar-refractivity contribution is 7.89. The average Bonchev–Trinajstić information content (AvgIpc) is 2.66. The quantitative estimate of drug-likeness (QED) is 0.542. The molecule has 27 heavy (non-hydrogen) atoms. The summed E-state index contributed by atoms with van der Waals surface area (Å²) in [7, 11) is -1.71. The van der Waals surface area contributed by atoms with Crippen LogP contribution in [0.4, 0.5) is 10.5 Å². The maximum Gasteiger partial charge on any atom is 0.321 e. The molecule has 1 aromatic carbocycles. The molecule has 3 N–H and O–H groups in total. The number of nitrogens with zero attached hydrogens (tertiary/aromatic N) is 1. The number of imide groups is 1. The first-order valence-electron chi connectivity index (χ1n) is 8.76. The molecule has 2 rings (SSSR count). The average molecular weight is 398 g/mol. The van der Waals surface area contributed by atoms with Gasteiger partial charge in [-0.05, 0) is 30.5 Å². The van der Waals surface area contributed by atoms with Crippen molar-refractivity contribution in [1.82, 2.24) is 14.9 Å². The first-order valence-corrected chi connectivity index (χ1v) is 10.4. The Morgan fingerprint density at radius 1 is 1.30 bits per heavy atom. The Kier molecular flexibility index (Phi) is 7.57. The fourth-order valence-corrected chi connectivity index (χ4v) is 3.90. The second-order valence-electron chi connectivity index (χ2n) is 6.08. The fourth-order valence-electron chi connectivity index (χ4n) is 2.83. The van der Waals surface area contributed by atoms with Crippen LogP contribution in [0.25, 0.3) is 0 Å². The van der Waals surface area contributed by atoms with E-state index in [-0.39, 0.29) is 12.3 Å². The smallest absolute Gasteiger partial charge is 0.321 e. The van der Waals surface area contributed by atoms with Crippen LogP contribution in [-0.2, 0) is 32.5 Å². The number of fused-ring (bicyclic) bond motifs is 1. The SMILES string of the molecule is CCS(=O)(=O)N1CCc2c(cccc2NCC(=O)NC(=O)NCCOC)C1. The number of methoxy groups -OCH3 is 1. The van der Waals surface area contributed by atoms with E-state index in [2.05, 4.69) is 16.0 Å². The predicted molar refractivity (Wildman–Crippen MR) is 102 cm³/mol. The molecule has 0 bridgehead atoms. The molecular formula is C17H26N4O5S. The molecule has 0 aliphatic carbocycles. The Hall–Kier alpha value is -2.17. The summed E-state index contributed by atoms with van der Waals surface area (Å²) < 4.78 is 30.4. The molecule has 10 heteroatoms. The Bertz CT molecular complexity index is 782. The first-order chi connectivity index (χ1) is 12.9. The Morgan fingerprint density at radius 3 is 2.78 bits per heavy atom. The molecule has 3 amide bonds. The van der Waals surface area contributed by atoms with Crippen LogP contribution in [0.3, 0.4) is 0 Å². The third-order valence-corrected chi connectivity index (χ3v) is 6.10. The molecule has 0 saturated heterocycles. The molecule has 0 saturated carbocycles. The van der Waals surface area contributed by atoms with Crippen molar-refractivity contribution in [2.45, 2.75) is 19.9 Å². The molecule has 9 nitrogen and oxygen atoms in total. The summed E-state index contributed by atoms with van der Waals surface area (Å²) in [5.41, 5.74) is 2.69. The summed E-state index contributed by atoms with van der Waals surface area (Å²) in [6.45, 7) is 2.98. The van der Waals surface area contributed by atoms with Gasteiger partial charge in [0, 0.05) is 32.4 Å². The maximum atomic E-state index is 12.1. The van der Waals surface area contributed by atoms with Crippen LogP contribution in [0.1, 0.15) is 18.1 Å². The third-order valence-electron chi connectivity index (χ3n) is 4.27. The van der Waals surface area contributed by atoms with Gasteiger partial charge in [0.1, 0.15) is 0 Å². The predicted octanol–water partition coefficient (Wildman–Crippen LogP) is 0.279. The van der Waals surface area contributed by atoms with Crippen LogP contribution in [0.2, 0.25) is 0 Å². The van der Waals surface area contributed by atoms with E-state index < -0.39 is 22.0 Å². The number of sulfonamides is 1. The molecule has 0 aromatic heterocycles. The topological polar surface area (TPSA) is 117 Å². The summed E-state index contributed by atoms with van der Waals surface area (Å²) in [6.07, 6.45) is 0.566.